The maximum absolute atomic E-state index is 12.5. The van der Waals surface area contributed by atoms with Gasteiger partial charge in [-0.15, -0.1) is 0 Å². The molecule has 0 aromatic heterocycles. The average molecular weight is 445 g/mol. The Bertz CT molecular complexity index is 663. The van der Waals surface area contributed by atoms with Crippen molar-refractivity contribution in [3.8, 4) is 0 Å². The van der Waals surface area contributed by atoms with E-state index in [0.717, 1.165) is 5.56 Å². The Morgan fingerprint density at radius 1 is 1.10 bits per heavy atom. The van der Waals surface area contributed by atoms with Crippen molar-refractivity contribution < 1.29 is 27.6 Å². The second-order valence-corrected chi connectivity index (χ2v) is 15.7. The summed E-state index contributed by atoms with van der Waals surface area (Å²) in [5, 5.41) is 0.0214. The summed E-state index contributed by atoms with van der Waals surface area (Å²) in [6.45, 7) is 11.8. The molecule has 1 aromatic carbocycles. The molecule has 8 heteroatoms. The standard InChI is InChI=1S/C21H37O6PSi/c1-21(2,3)29(6,7)27-20(15-19(22)17-28(23,24-4)25-5)13-14-26-16-18-11-9-8-10-12-18/h8-12,20H,13-17H2,1-7H3/t20-/m0/s1. The van der Waals surface area contributed by atoms with Crippen molar-refractivity contribution in [1.29, 1.82) is 0 Å². The summed E-state index contributed by atoms with van der Waals surface area (Å²) in [5.41, 5.74) is 1.10. The molecule has 0 aliphatic rings. The van der Waals surface area contributed by atoms with Crippen molar-refractivity contribution in [2.75, 3.05) is 27.0 Å². The van der Waals surface area contributed by atoms with Gasteiger partial charge in [0.25, 0.3) is 0 Å². The van der Waals surface area contributed by atoms with E-state index in [1.807, 2.05) is 30.3 Å². The molecule has 0 amide bonds. The van der Waals surface area contributed by atoms with Crippen LogP contribution in [0.15, 0.2) is 30.3 Å². The van der Waals surface area contributed by atoms with Crippen LogP contribution in [0.5, 0.6) is 0 Å². The van der Waals surface area contributed by atoms with Gasteiger partial charge in [0.2, 0.25) is 0 Å². The first kappa shape index (κ1) is 26.2. The molecule has 1 aromatic rings. The number of ether oxygens (including phenoxy) is 1. The monoisotopic (exact) mass is 444 g/mol. The van der Waals surface area contributed by atoms with Gasteiger partial charge in [-0.1, -0.05) is 51.1 Å². The second kappa shape index (κ2) is 11.5. The van der Waals surface area contributed by atoms with Crippen molar-refractivity contribution in [3.63, 3.8) is 0 Å². The van der Waals surface area contributed by atoms with Crippen LogP contribution in [0.3, 0.4) is 0 Å². The van der Waals surface area contributed by atoms with Gasteiger partial charge < -0.3 is 18.2 Å². The molecule has 0 bridgehead atoms. The lowest BCUT2D eigenvalue weighted by atomic mass is 10.1. The molecule has 0 spiro atoms. The molecule has 0 heterocycles. The van der Waals surface area contributed by atoms with E-state index in [4.69, 9.17) is 18.2 Å². The van der Waals surface area contributed by atoms with Crippen LogP contribution in [0.4, 0.5) is 0 Å². The lowest BCUT2D eigenvalue weighted by Gasteiger charge is -2.39. The van der Waals surface area contributed by atoms with Crippen LogP contribution in [0.25, 0.3) is 0 Å². The molecule has 166 valence electrons. The highest BCUT2D eigenvalue weighted by Crippen LogP contribution is 2.46. The maximum atomic E-state index is 12.5. The van der Waals surface area contributed by atoms with Crippen molar-refractivity contribution in [1.82, 2.24) is 0 Å². The van der Waals surface area contributed by atoms with Crippen molar-refractivity contribution >= 4 is 21.7 Å². The maximum Gasteiger partial charge on any atom is 0.337 e. The summed E-state index contributed by atoms with van der Waals surface area (Å²) in [6.07, 6.45) is 0.219. The molecule has 0 saturated carbocycles. The van der Waals surface area contributed by atoms with E-state index in [-0.39, 0.29) is 29.5 Å². The topological polar surface area (TPSA) is 71.1 Å². The van der Waals surface area contributed by atoms with E-state index in [1.54, 1.807) is 0 Å². The summed E-state index contributed by atoms with van der Waals surface area (Å²) >= 11 is 0. The van der Waals surface area contributed by atoms with Gasteiger partial charge in [-0.25, -0.2) is 0 Å². The number of Topliss-reactive ketones (excluding diaryl/α,β-unsaturated/α-hetero) is 1. The minimum absolute atomic E-state index is 0.0214. The third kappa shape index (κ3) is 9.24. The van der Waals surface area contributed by atoms with Crippen LogP contribution in [0, 0.1) is 0 Å². The number of carbonyl (C=O) groups excluding carboxylic acids is 1. The van der Waals surface area contributed by atoms with Crippen molar-refractivity contribution in [2.24, 2.45) is 0 Å². The summed E-state index contributed by atoms with van der Waals surface area (Å²) < 4.78 is 34.3. The predicted octanol–water partition coefficient (Wildman–Crippen LogP) is 5.43. The quantitative estimate of drug-likeness (QED) is 0.230. The highest BCUT2D eigenvalue weighted by molar-refractivity contribution is 7.54. The van der Waals surface area contributed by atoms with Gasteiger partial charge in [0.1, 0.15) is 11.9 Å². The van der Waals surface area contributed by atoms with E-state index in [2.05, 4.69) is 33.9 Å². The minimum atomic E-state index is -3.37. The Balaban J connectivity index is 2.72. The molecular weight excluding hydrogens is 407 g/mol. The normalized spacial score (nSPS) is 14.0. The molecular formula is C21H37O6PSi. The van der Waals surface area contributed by atoms with Crippen LogP contribution in [0.1, 0.15) is 39.2 Å². The SMILES string of the molecule is COP(=O)(CC(=O)C[C@H](CCOCc1ccccc1)O[Si](C)(C)C(C)(C)C)OC. The number of ketones is 1. The molecule has 0 aliphatic heterocycles. The van der Waals surface area contributed by atoms with E-state index < -0.39 is 15.9 Å². The molecule has 0 fully saturated rings. The Kier molecular flexibility index (Phi) is 10.4. The Morgan fingerprint density at radius 3 is 2.21 bits per heavy atom. The Morgan fingerprint density at radius 2 is 1.69 bits per heavy atom. The molecule has 0 aliphatic carbocycles. The average Bonchev–Trinajstić information content (AvgIpc) is 2.64. The zero-order valence-electron chi connectivity index (χ0n) is 18.9. The van der Waals surface area contributed by atoms with Gasteiger partial charge in [0, 0.05) is 27.2 Å². The molecule has 1 atom stereocenters. The van der Waals surface area contributed by atoms with Gasteiger partial charge in [-0.3, -0.25) is 9.36 Å². The molecule has 6 nitrogen and oxygen atoms in total. The fraction of sp³-hybridized carbons (Fsp3) is 0.667. The molecule has 0 radical (unpaired) electrons. The lowest BCUT2D eigenvalue weighted by Crippen LogP contribution is -2.44. The number of hydrogen-bond donors (Lipinski definition) is 0. The summed E-state index contributed by atoms with van der Waals surface area (Å²) in [7, 11) is -2.87. The first-order chi connectivity index (χ1) is 13.4. The van der Waals surface area contributed by atoms with Gasteiger partial charge in [0.05, 0.1) is 12.7 Å². The smallest absolute Gasteiger partial charge is 0.337 e. The predicted molar refractivity (Wildman–Crippen MR) is 119 cm³/mol. The third-order valence-electron chi connectivity index (χ3n) is 5.34. The van der Waals surface area contributed by atoms with Gasteiger partial charge in [-0.05, 0) is 30.1 Å². The molecule has 0 unspecified atom stereocenters. The van der Waals surface area contributed by atoms with E-state index in [9.17, 15) is 9.36 Å². The highest BCUT2D eigenvalue weighted by atomic mass is 31.2. The fourth-order valence-corrected chi connectivity index (χ4v) is 4.87. The fourth-order valence-electron chi connectivity index (χ4n) is 2.51. The van der Waals surface area contributed by atoms with Gasteiger partial charge in [0.15, 0.2) is 8.32 Å². The van der Waals surface area contributed by atoms with Crippen LogP contribution >= 0.6 is 7.60 Å². The van der Waals surface area contributed by atoms with Crippen LogP contribution in [0.2, 0.25) is 18.1 Å². The Hall–Kier alpha value is -0.823. The number of benzene rings is 1. The zero-order chi connectivity index (χ0) is 22.1. The van der Waals surface area contributed by atoms with Crippen LogP contribution in [-0.4, -0.2) is 47.2 Å². The van der Waals surface area contributed by atoms with Crippen molar-refractivity contribution in [3.05, 3.63) is 35.9 Å². The largest absolute Gasteiger partial charge is 0.413 e. The lowest BCUT2D eigenvalue weighted by molar-refractivity contribution is -0.118. The van der Waals surface area contributed by atoms with Gasteiger partial charge >= 0.3 is 7.60 Å². The zero-order valence-corrected chi connectivity index (χ0v) is 20.8. The molecule has 1 rings (SSSR count). The number of carbonyl (C=O) groups is 1. The second-order valence-electron chi connectivity index (χ2n) is 8.70. The summed E-state index contributed by atoms with van der Waals surface area (Å²) in [4.78, 5) is 12.5. The molecule has 29 heavy (non-hydrogen) atoms. The van der Waals surface area contributed by atoms with Crippen LogP contribution in [-0.2, 0) is 34.2 Å². The highest BCUT2D eigenvalue weighted by Gasteiger charge is 2.39. The van der Waals surface area contributed by atoms with E-state index in [1.165, 1.54) is 14.2 Å². The minimum Gasteiger partial charge on any atom is -0.413 e. The first-order valence-corrected chi connectivity index (χ1v) is 14.6. The van der Waals surface area contributed by atoms with E-state index in [0.29, 0.717) is 19.6 Å². The van der Waals surface area contributed by atoms with E-state index >= 15 is 0 Å². The summed E-state index contributed by atoms with van der Waals surface area (Å²) in [6, 6.07) is 9.95. The Labute approximate surface area is 176 Å². The number of rotatable bonds is 13. The van der Waals surface area contributed by atoms with Crippen molar-refractivity contribution in [2.45, 2.75) is 64.5 Å². The third-order valence-corrected chi connectivity index (χ3v) is 11.7. The number of hydrogen-bond acceptors (Lipinski definition) is 6. The van der Waals surface area contributed by atoms with Crippen LogP contribution < -0.4 is 0 Å². The molecule has 0 N–H and O–H groups in total. The van der Waals surface area contributed by atoms with Gasteiger partial charge in [-0.2, -0.15) is 0 Å². The first-order valence-electron chi connectivity index (χ1n) is 9.94. The molecule has 0 saturated heterocycles. The summed E-state index contributed by atoms with van der Waals surface area (Å²) in [5.74, 6) is -0.191.